The van der Waals surface area contributed by atoms with Gasteiger partial charge in [-0.15, -0.1) is 0 Å². The van der Waals surface area contributed by atoms with Crippen molar-refractivity contribution in [1.29, 1.82) is 0 Å². The van der Waals surface area contributed by atoms with Crippen LogP contribution in [0.3, 0.4) is 0 Å². The van der Waals surface area contributed by atoms with E-state index in [1.807, 2.05) is 30.3 Å². The van der Waals surface area contributed by atoms with Crippen LogP contribution >= 0.6 is 0 Å². The smallest absolute Gasteiger partial charge is 0.329 e. The number of piperidine rings is 1. The number of carbonyl (C=O) groups excluding carboxylic acids is 2. The van der Waals surface area contributed by atoms with Crippen molar-refractivity contribution in [3.05, 3.63) is 35.9 Å². The van der Waals surface area contributed by atoms with Gasteiger partial charge in [0.05, 0.1) is 12.2 Å². The summed E-state index contributed by atoms with van der Waals surface area (Å²) in [6, 6.07) is 8.96. The number of carbonyl (C=O) groups is 2. The van der Waals surface area contributed by atoms with E-state index in [9.17, 15) is 9.59 Å². The molecule has 1 saturated carbocycles. The molecule has 4 rings (SSSR count). The highest BCUT2D eigenvalue weighted by Crippen LogP contribution is 2.40. The average molecular weight is 475 g/mol. The highest BCUT2D eigenvalue weighted by Gasteiger charge is 2.53. The SMILES string of the molecule is COCO[C@@H]1C[C@H](C(=O)OCc2ccccc2)N(C(=O)C2(N3CCC(OC)CC3)CCCC2)C1. The summed E-state index contributed by atoms with van der Waals surface area (Å²) in [5.74, 6) is -0.321. The van der Waals surface area contributed by atoms with Gasteiger partial charge >= 0.3 is 5.97 Å². The van der Waals surface area contributed by atoms with E-state index >= 15 is 0 Å². The molecule has 0 unspecified atom stereocenters. The molecule has 0 bridgehead atoms. The molecule has 0 N–H and O–H groups in total. The molecule has 1 aromatic carbocycles. The molecule has 1 aromatic rings. The summed E-state index contributed by atoms with van der Waals surface area (Å²) in [6.07, 6.45) is 5.98. The van der Waals surface area contributed by atoms with E-state index in [1.54, 1.807) is 19.1 Å². The lowest BCUT2D eigenvalue weighted by Gasteiger charge is -2.45. The van der Waals surface area contributed by atoms with E-state index in [1.165, 1.54) is 0 Å². The Hall–Kier alpha value is -2.00. The van der Waals surface area contributed by atoms with Crippen LogP contribution in [0.4, 0.5) is 0 Å². The number of benzene rings is 1. The zero-order valence-electron chi connectivity index (χ0n) is 20.4. The Morgan fingerprint density at radius 1 is 1.03 bits per heavy atom. The van der Waals surface area contributed by atoms with Crippen molar-refractivity contribution in [3.8, 4) is 0 Å². The number of esters is 1. The molecule has 0 aromatic heterocycles. The quantitative estimate of drug-likeness (QED) is 0.402. The molecular weight excluding hydrogens is 436 g/mol. The molecule has 3 aliphatic rings. The summed E-state index contributed by atoms with van der Waals surface area (Å²) in [5, 5.41) is 0. The molecule has 3 fully saturated rings. The zero-order chi connectivity index (χ0) is 24.0. The van der Waals surface area contributed by atoms with Crippen molar-refractivity contribution in [3.63, 3.8) is 0 Å². The molecule has 2 aliphatic heterocycles. The summed E-state index contributed by atoms with van der Waals surface area (Å²) in [6.45, 7) is 2.38. The van der Waals surface area contributed by atoms with Gasteiger partial charge in [0.1, 0.15) is 25.0 Å². The Labute approximate surface area is 202 Å². The number of nitrogens with zero attached hydrogens (tertiary/aromatic N) is 2. The first-order valence-corrected chi connectivity index (χ1v) is 12.5. The Kier molecular flexibility index (Phi) is 8.58. The first kappa shape index (κ1) is 25.1. The van der Waals surface area contributed by atoms with E-state index in [0.717, 1.165) is 57.2 Å². The summed E-state index contributed by atoms with van der Waals surface area (Å²) in [4.78, 5) is 31.5. The molecule has 1 aliphatic carbocycles. The van der Waals surface area contributed by atoms with Gasteiger partial charge in [-0.25, -0.2) is 4.79 Å². The lowest BCUT2D eigenvalue weighted by atomic mass is 9.89. The van der Waals surface area contributed by atoms with E-state index in [2.05, 4.69) is 4.90 Å². The van der Waals surface area contributed by atoms with Crippen LogP contribution in [-0.2, 0) is 35.1 Å². The maximum absolute atomic E-state index is 14.2. The fraction of sp³-hybridized carbons (Fsp3) is 0.692. The van der Waals surface area contributed by atoms with Gasteiger partial charge in [-0.1, -0.05) is 43.2 Å². The third kappa shape index (κ3) is 5.46. The van der Waals surface area contributed by atoms with Crippen LogP contribution in [-0.4, -0.2) is 86.1 Å². The van der Waals surface area contributed by atoms with E-state index in [4.69, 9.17) is 18.9 Å². The van der Waals surface area contributed by atoms with Gasteiger partial charge in [0.25, 0.3) is 0 Å². The number of likely N-dealkylation sites (tertiary alicyclic amines) is 2. The van der Waals surface area contributed by atoms with E-state index in [0.29, 0.717) is 13.0 Å². The predicted molar refractivity (Wildman–Crippen MR) is 126 cm³/mol. The maximum Gasteiger partial charge on any atom is 0.329 e. The fourth-order valence-electron chi connectivity index (χ4n) is 5.77. The number of amides is 1. The molecule has 188 valence electrons. The fourth-order valence-corrected chi connectivity index (χ4v) is 5.77. The average Bonchev–Trinajstić information content (AvgIpc) is 3.55. The minimum atomic E-state index is -0.646. The minimum absolute atomic E-state index is 0.0473. The van der Waals surface area contributed by atoms with Crippen LogP contribution in [0.1, 0.15) is 50.5 Å². The van der Waals surface area contributed by atoms with Gasteiger partial charge < -0.3 is 23.8 Å². The summed E-state index contributed by atoms with van der Waals surface area (Å²) >= 11 is 0. The van der Waals surface area contributed by atoms with Gasteiger partial charge in [-0.05, 0) is 31.2 Å². The third-order valence-electron chi connectivity index (χ3n) is 7.65. The molecule has 34 heavy (non-hydrogen) atoms. The molecule has 0 spiro atoms. The Morgan fingerprint density at radius 3 is 2.38 bits per heavy atom. The summed E-state index contributed by atoms with van der Waals surface area (Å²) < 4.78 is 22.1. The lowest BCUT2D eigenvalue weighted by molar-refractivity contribution is -0.159. The Balaban J connectivity index is 1.50. The van der Waals surface area contributed by atoms with Crippen molar-refractivity contribution in [2.75, 3.05) is 40.6 Å². The van der Waals surface area contributed by atoms with Crippen molar-refractivity contribution in [2.24, 2.45) is 0 Å². The second-order valence-corrected chi connectivity index (χ2v) is 9.66. The largest absolute Gasteiger partial charge is 0.459 e. The van der Waals surface area contributed by atoms with E-state index in [-0.39, 0.29) is 37.5 Å². The normalized spacial score (nSPS) is 25.5. The number of hydrogen-bond acceptors (Lipinski definition) is 7. The lowest BCUT2D eigenvalue weighted by Crippen LogP contribution is -2.62. The van der Waals surface area contributed by atoms with Gasteiger partial charge in [0.15, 0.2) is 0 Å². The molecule has 0 radical (unpaired) electrons. The van der Waals surface area contributed by atoms with Crippen molar-refractivity contribution < 1.29 is 28.5 Å². The second-order valence-electron chi connectivity index (χ2n) is 9.66. The highest BCUT2D eigenvalue weighted by atomic mass is 16.7. The molecule has 1 amide bonds. The predicted octanol–water partition coefficient (Wildman–Crippen LogP) is 2.74. The first-order valence-electron chi connectivity index (χ1n) is 12.5. The summed E-state index contributed by atoms with van der Waals surface area (Å²) in [7, 11) is 3.33. The van der Waals surface area contributed by atoms with Gasteiger partial charge in [0.2, 0.25) is 5.91 Å². The van der Waals surface area contributed by atoms with E-state index < -0.39 is 11.6 Å². The maximum atomic E-state index is 14.2. The van der Waals surface area contributed by atoms with Gasteiger partial charge in [-0.3, -0.25) is 9.69 Å². The Morgan fingerprint density at radius 2 is 1.74 bits per heavy atom. The first-order chi connectivity index (χ1) is 16.6. The molecule has 2 heterocycles. The van der Waals surface area contributed by atoms with Crippen molar-refractivity contribution in [1.82, 2.24) is 9.80 Å². The molecule has 8 nitrogen and oxygen atoms in total. The third-order valence-corrected chi connectivity index (χ3v) is 7.65. The van der Waals surface area contributed by atoms with Crippen LogP contribution in [0.5, 0.6) is 0 Å². The molecular formula is C26H38N2O6. The van der Waals surface area contributed by atoms with Crippen LogP contribution in [0, 0.1) is 0 Å². The minimum Gasteiger partial charge on any atom is -0.459 e. The second kappa shape index (κ2) is 11.6. The van der Waals surface area contributed by atoms with Crippen LogP contribution in [0.2, 0.25) is 0 Å². The van der Waals surface area contributed by atoms with Crippen molar-refractivity contribution >= 4 is 11.9 Å². The van der Waals surface area contributed by atoms with Crippen LogP contribution in [0.25, 0.3) is 0 Å². The van der Waals surface area contributed by atoms with Crippen LogP contribution < -0.4 is 0 Å². The number of ether oxygens (including phenoxy) is 4. The standard InChI is InChI=1S/C26H38N2O6/c1-31-19-34-22-16-23(24(29)33-18-20-8-4-3-5-9-20)28(17-22)25(30)26(12-6-7-13-26)27-14-10-21(32-2)11-15-27/h3-5,8-9,21-23H,6-7,10-19H2,1-2H3/t22-,23-/m1/s1. The van der Waals surface area contributed by atoms with Crippen molar-refractivity contribution in [2.45, 2.75) is 75.3 Å². The summed E-state index contributed by atoms with van der Waals surface area (Å²) in [5.41, 5.74) is 0.375. The molecule has 2 atom stereocenters. The number of rotatable bonds is 9. The topological polar surface area (TPSA) is 77.5 Å². The van der Waals surface area contributed by atoms with Gasteiger partial charge in [0, 0.05) is 40.3 Å². The molecule has 2 saturated heterocycles. The number of methoxy groups -OCH3 is 2. The zero-order valence-corrected chi connectivity index (χ0v) is 20.4. The monoisotopic (exact) mass is 474 g/mol. The number of hydrogen-bond donors (Lipinski definition) is 0. The van der Waals surface area contributed by atoms with Crippen LogP contribution in [0.15, 0.2) is 30.3 Å². The molecule has 8 heteroatoms. The Bertz CT molecular complexity index is 805. The highest BCUT2D eigenvalue weighted by molar-refractivity contribution is 5.91. The van der Waals surface area contributed by atoms with Gasteiger partial charge in [-0.2, -0.15) is 0 Å².